The van der Waals surface area contributed by atoms with Crippen LogP contribution in [0.15, 0.2) is 78.0 Å². The van der Waals surface area contributed by atoms with Crippen LogP contribution in [-0.2, 0) is 11.4 Å². The Kier molecular flexibility index (Phi) is 5.06. The van der Waals surface area contributed by atoms with E-state index in [1.165, 1.54) is 6.20 Å². The van der Waals surface area contributed by atoms with E-state index in [0.29, 0.717) is 12.1 Å². The van der Waals surface area contributed by atoms with E-state index in [9.17, 15) is 4.79 Å². The van der Waals surface area contributed by atoms with Gasteiger partial charge in [-0.1, -0.05) is 48.5 Å². The summed E-state index contributed by atoms with van der Waals surface area (Å²) in [5.41, 5.74) is 10.2. The molecule has 126 valence electrons. The average Bonchev–Trinajstić information content (AvgIpc) is 3.16. The number of nitrogens with two attached hydrogens (primary N) is 1. The number of benzene rings is 2. The van der Waals surface area contributed by atoms with Crippen LogP contribution in [0.1, 0.15) is 15.9 Å². The van der Waals surface area contributed by atoms with Crippen molar-refractivity contribution in [1.82, 2.24) is 15.3 Å². The summed E-state index contributed by atoms with van der Waals surface area (Å²) in [6, 6.07) is 19.1. The van der Waals surface area contributed by atoms with Crippen molar-refractivity contribution in [3.8, 4) is 5.69 Å². The van der Waals surface area contributed by atoms with Crippen LogP contribution in [0.3, 0.4) is 0 Å². The first-order chi connectivity index (χ1) is 12.2. The highest BCUT2D eigenvalue weighted by Crippen LogP contribution is 2.08. The fraction of sp³-hybridized carbons (Fsp3) is 0.0556. The number of para-hydroxylation sites is 1. The van der Waals surface area contributed by atoms with Crippen LogP contribution in [0.25, 0.3) is 5.69 Å². The van der Waals surface area contributed by atoms with Crippen molar-refractivity contribution in [1.29, 1.82) is 0 Å². The van der Waals surface area contributed by atoms with E-state index in [1.54, 1.807) is 10.9 Å². The lowest BCUT2D eigenvalue weighted by Gasteiger charge is -2.05. The third-order valence-corrected chi connectivity index (χ3v) is 3.36. The molecule has 0 amide bonds. The van der Waals surface area contributed by atoms with Crippen molar-refractivity contribution < 1.29 is 9.63 Å². The van der Waals surface area contributed by atoms with Crippen molar-refractivity contribution >= 4 is 11.9 Å². The number of guanidine groups is 1. The van der Waals surface area contributed by atoms with Gasteiger partial charge in [-0.25, -0.2) is 14.5 Å². The summed E-state index contributed by atoms with van der Waals surface area (Å²) in [4.78, 5) is 21.0. The van der Waals surface area contributed by atoms with Crippen LogP contribution in [0.5, 0.6) is 0 Å². The number of aromatic nitrogens is 2. The number of carbonyl (C=O) groups is 1. The van der Waals surface area contributed by atoms with Crippen LogP contribution >= 0.6 is 0 Å². The Morgan fingerprint density at radius 1 is 1.12 bits per heavy atom. The second-order valence-electron chi connectivity index (χ2n) is 5.19. The fourth-order valence-electron chi connectivity index (χ4n) is 2.10. The number of aliphatic imine (C=N–C) groups is 1. The van der Waals surface area contributed by atoms with Gasteiger partial charge >= 0.3 is 5.97 Å². The number of hydroxylamine groups is 1. The predicted octanol–water partition coefficient (Wildman–Crippen LogP) is 2.05. The molecule has 0 atom stereocenters. The molecule has 0 aliphatic rings. The van der Waals surface area contributed by atoms with Gasteiger partial charge in [0, 0.05) is 6.20 Å². The van der Waals surface area contributed by atoms with Gasteiger partial charge in [0.05, 0.1) is 18.4 Å². The second-order valence-corrected chi connectivity index (χ2v) is 5.19. The number of nitrogens with zero attached hydrogens (tertiary/aromatic N) is 3. The van der Waals surface area contributed by atoms with Crippen LogP contribution in [0.2, 0.25) is 0 Å². The SMILES string of the molecule is NC(=NCc1ccccc1)NOC(=O)c1cnn(-c2ccccc2)c1. The normalized spacial score (nSPS) is 11.1. The zero-order chi connectivity index (χ0) is 17.5. The van der Waals surface area contributed by atoms with Gasteiger partial charge in [-0.2, -0.15) is 10.6 Å². The molecule has 0 radical (unpaired) electrons. The molecule has 0 aliphatic carbocycles. The summed E-state index contributed by atoms with van der Waals surface area (Å²) in [7, 11) is 0. The summed E-state index contributed by atoms with van der Waals surface area (Å²) >= 11 is 0. The first-order valence-electron chi connectivity index (χ1n) is 7.63. The Balaban J connectivity index is 1.55. The predicted molar refractivity (Wildman–Crippen MR) is 93.9 cm³/mol. The smallest absolute Gasteiger partial charge is 0.366 e. The molecule has 0 saturated heterocycles. The largest absolute Gasteiger partial charge is 0.368 e. The van der Waals surface area contributed by atoms with E-state index in [4.69, 9.17) is 10.6 Å². The zero-order valence-electron chi connectivity index (χ0n) is 13.4. The molecule has 7 heteroatoms. The molecule has 0 aliphatic heterocycles. The molecule has 3 rings (SSSR count). The Morgan fingerprint density at radius 3 is 2.52 bits per heavy atom. The molecule has 0 unspecified atom stereocenters. The van der Waals surface area contributed by atoms with Crippen molar-refractivity contribution in [2.24, 2.45) is 10.7 Å². The molecule has 7 nitrogen and oxygen atoms in total. The second kappa shape index (κ2) is 7.78. The van der Waals surface area contributed by atoms with Crippen LogP contribution in [0.4, 0.5) is 0 Å². The van der Waals surface area contributed by atoms with Gasteiger partial charge in [0.25, 0.3) is 0 Å². The maximum Gasteiger partial charge on any atom is 0.366 e. The Labute approximate surface area is 144 Å². The van der Waals surface area contributed by atoms with Gasteiger partial charge in [-0.05, 0) is 17.7 Å². The first kappa shape index (κ1) is 16.3. The number of hydrogen-bond donors (Lipinski definition) is 2. The third-order valence-electron chi connectivity index (χ3n) is 3.36. The molecule has 0 fully saturated rings. The average molecular weight is 335 g/mol. The van der Waals surface area contributed by atoms with E-state index >= 15 is 0 Å². The highest BCUT2D eigenvalue weighted by Gasteiger charge is 2.11. The Bertz CT molecular complexity index is 859. The zero-order valence-corrected chi connectivity index (χ0v) is 13.4. The molecule has 0 saturated carbocycles. The molecular weight excluding hydrogens is 318 g/mol. The van der Waals surface area contributed by atoms with E-state index in [2.05, 4.69) is 15.6 Å². The highest BCUT2D eigenvalue weighted by atomic mass is 16.7. The summed E-state index contributed by atoms with van der Waals surface area (Å²) in [5, 5.41) is 4.14. The summed E-state index contributed by atoms with van der Waals surface area (Å²) in [6.45, 7) is 0.392. The Morgan fingerprint density at radius 2 is 1.80 bits per heavy atom. The van der Waals surface area contributed by atoms with Crippen LogP contribution in [0, 0.1) is 0 Å². The van der Waals surface area contributed by atoms with Gasteiger partial charge in [0.2, 0.25) is 5.96 Å². The van der Waals surface area contributed by atoms with Crippen molar-refractivity contribution in [3.63, 3.8) is 0 Å². The van der Waals surface area contributed by atoms with Crippen LogP contribution < -0.4 is 11.2 Å². The van der Waals surface area contributed by atoms with E-state index in [0.717, 1.165) is 11.3 Å². The van der Waals surface area contributed by atoms with Gasteiger partial charge in [0.1, 0.15) is 5.56 Å². The lowest BCUT2D eigenvalue weighted by Crippen LogP contribution is -2.33. The minimum absolute atomic E-state index is 0.0210. The van der Waals surface area contributed by atoms with Gasteiger partial charge in [-0.3, -0.25) is 0 Å². The number of carbonyl (C=O) groups excluding carboxylic acids is 1. The number of hydrogen-bond acceptors (Lipinski definition) is 4. The van der Waals surface area contributed by atoms with E-state index in [-0.39, 0.29) is 5.96 Å². The topological polar surface area (TPSA) is 94.5 Å². The molecule has 3 N–H and O–H groups in total. The molecular formula is C18H17N5O2. The van der Waals surface area contributed by atoms with Gasteiger partial charge in [0.15, 0.2) is 0 Å². The fourth-order valence-corrected chi connectivity index (χ4v) is 2.10. The van der Waals surface area contributed by atoms with Gasteiger partial charge in [-0.15, -0.1) is 0 Å². The quantitative estimate of drug-likeness (QED) is 0.432. The molecule has 0 spiro atoms. The van der Waals surface area contributed by atoms with Crippen LogP contribution in [-0.4, -0.2) is 21.7 Å². The maximum absolute atomic E-state index is 12.0. The molecule has 3 aromatic rings. The summed E-state index contributed by atoms with van der Waals surface area (Å²) in [5.74, 6) is -0.576. The standard InChI is InChI=1S/C18H17N5O2/c19-18(20-11-14-7-3-1-4-8-14)22-25-17(24)15-12-21-23(13-15)16-9-5-2-6-10-16/h1-10,12-13H,11H2,(H3,19,20,22). The van der Waals surface area contributed by atoms with E-state index < -0.39 is 5.97 Å². The first-order valence-corrected chi connectivity index (χ1v) is 7.63. The molecule has 25 heavy (non-hydrogen) atoms. The number of rotatable bonds is 4. The van der Waals surface area contributed by atoms with Gasteiger partial charge < -0.3 is 10.6 Å². The third kappa shape index (κ3) is 4.44. The molecule has 1 heterocycles. The van der Waals surface area contributed by atoms with Crippen molar-refractivity contribution in [3.05, 3.63) is 84.2 Å². The van der Waals surface area contributed by atoms with Crippen molar-refractivity contribution in [2.45, 2.75) is 6.54 Å². The lowest BCUT2D eigenvalue weighted by atomic mass is 10.2. The highest BCUT2D eigenvalue weighted by molar-refractivity contribution is 5.90. The summed E-state index contributed by atoms with van der Waals surface area (Å²) < 4.78 is 1.59. The minimum atomic E-state index is -0.597. The molecule has 0 bridgehead atoms. The summed E-state index contributed by atoms with van der Waals surface area (Å²) in [6.07, 6.45) is 3.00. The number of nitrogens with one attached hydrogen (secondary N) is 1. The lowest BCUT2D eigenvalue weighted by molar-refractivity contribution is 0.0383. The molecule has 1 aromatic heterocycles. The van der Waals surface area contributed by atoms with E-state index in [1.807, 2.05) is 60.7 Å². The van der Waals surface area contributed by atoms with Crippen molar-refractivity contribution in [2.75, 3.05) is 0 Å². The Hall–Kier alpha value is -3.61. The minimum Gasteiger partial charge on any atom is -0.368 e. The monoisotopic (exact) mass is 335 g/mol. The molecule has 2 aromatic carbocycles. The maximum atomic E-state index is 12.0.